The Balaban J connectivity index is 2.61. The number of amides is 1. The fourth-order valence-corrected chi connectivity index (χ4v) is 2.00. The van der Waals surface area contributed by atoms with Crippen molar-refractivity contribution in [2.24, 2.45) is 0 Å². The van der Waals surface area contributed by atoms with Crippen LogP contribution in [-0.4, -0.2) is 17.2 Å². The van der Waals surface area contributed by atoms with E-state index in [4.69, 9.17) is 4.74 Å². The first-order valence-corrected chi connectivity index (χ1v) is 7.29. The second kappa shape index (κ2) is 6.78. The monoisotopic (exact) mass is 277 g/mol. The van der Waals surface area contributed by atoms with Crippen LogP contribution in [0.15, 0.2) is 36.5 Å². The Morgan fingerprint density at radius 1 is 1.40 bits per heavy atom. The molecule has 112 valence electrons. The van der Waals surface area contributed by atoms with Crippen molar-refractivity contribution in [3.63, 3.8) is 0 Å². The molecule has 0 bridgehead atoms. The number of carbonyl (C=O) groups excluding carboxylic acids is 1. The van der Waals surface area contributed by atoms with Gasteiger partial charge in [-0.25, -0.2) is 4.79 Å². The maximum atomic E-state index is 11.9. The molecule has 20 heavy (non-hydrogen) atoms. The number of rotatable bonds is 6. The van der Waals surface area contributed by atoms with Crippen LogP contribution in [0, 0.1) is 0 Å². The predicted octanol–water partition coefficient (Wildman–Crippen LogP) is 4.51. The van der Waals surface area contributed by atoms with Gasteiger partial charge in [0.25, 0.3) is 0 Å². The van der Waals surface area contributed by atoms with E-state index in [1.54, 1.807) is 6.08 Å². The van der Waals surface area contributed by atoms with E-state index in [1.807, 2.05) is 26.8 Å². The standard InChI is InChI=1S/C17H27NO2/c1-6-8-10-14(9-7-2)13-17(11-12-17)18-15(19)20-16(3,4)5/h7-10H,2,6,11-13H2,1,3-5H3,(H,18,19)/b10-8-,14-9+. The molecule has 0 saturated heterocycles. The molecule has 0 atom stereocenters. The van der Waals surface area contributed by atoms with Crippen LogP contribution in [0.5, 0.6) is 0 Å². The molecule has 3 nitrogen and oxygen atoms in total. The molecule has 3 heteroatoms. The molecule has 0 aromatic carbocycles. The summed E-state index contributed by atoms with van der Waals surface area (Å²) in [7, 11) is 0. The molecule has 0 aliphatic heterocycles. The van der Waals surface area contributed by atoms with E-state index in [2.05, 4.69) is 31.0 Å². The molecule has 1 amide bonds. The van der Waals surface area contributed by atoms with Gasteiger partial charge in [0.15, 0.2) is 0 Å². The average molecular weight is 277 g/mol. The third-order valence-electron chi connectivity index (χ3n) is 3.06. The van der Waals surface area contributed by atoms with Crippen LogP contribution in [0.2, 0.25) is 0 Å². The van der Waals surface area contributed by atoms with E-state index in [1.165, 1.54) is 5.57 Å². The second-order valence-electron chi connectivity index (χ2n) is 6.37. The van der Waals surface area contributed by atoms with Crippen molar-refractivity contribution in [1.82, 2.24) is 5.32 Å². The lowest BCUT2D eigenvalue weighted by molar-refractivity contribution is 0.0496. The first kappa shape index (κ1) is 16.5. The Morgan fingerprint density at radius 3 is 2.50 bits per heavy atom. The lowest BCUT2D eigenvalue weighted by Gasteiger charge is -2.23. The van der Waals surface area contributed by atoms with Crippen LogP contribution in [0.1, 0.15) is 53.4 Å². The Morgan fingerprint density at radius 2 is 2.05 bits per heavy atom. The Bertz CT molecular complexity index is 409. The van der Waals surface area contributed by atoms with Gasteiger partial charge in [0.1, 0.15) is 5.60 Å². The highest BCUT2D eigenvalue weighted by Gasteiger charge is 2.44. The van der Waals surface area contributed by atoms with Crippen LogP contribution >= 0.6 is 0 Å². The molecule has 1 aliphatic carbocycles. The fraction of sp³-hybridized carbons (Fsp3) is 0.588. The van der Waals surface area contributed by atoms with Crippen molar-refractivity contribution in [1.29, 1.82) is 0 Å². The van der Waals surface area contributed by atoms with Crippen LogP contribution in [0.25, 0.3) is 0 Å². The Kier molecular flexibility index (Phi) is 5.61. The van der Waals surface area contributed by atoms with E-state index in [0.717, 1.165) is 25.7 Å². The van der Waals surface area contributed by atoms with Gasteiger partial charge in [0.2, 0.25) is 0 Å². The SMILES string of the molecule is C=C/C=C(\C=C/CC)CC1(NC(=O)OC(C)(C)C)CC1. The molecule has 0 spiro atoms. The molecule has 1 rings (SSSR count). The lowest BCUT2D eigenvalue weighted by atomic mass is 10.0. The van der Waals surface area contributed by atoms with Crippen LogP contribution in [0.4, 0.5) is 4.79 Å². The quantitative estimate of drug-likeness (QED) is 0.725. The number of carbonyl (C=O) groups is 1. The molecule has 1 saturated carbocycles. The Labute approximate surface area is 122 Å². The molecule has 0 radical (unpaired) electrons. The number of alkyl carbamates (subject to hydrolysis) is 1. The molecule has 0 unspecified atom stereocenters. The van der Waals surface area contributed by atoms with Crippen LogP contribution in [-0.2, 0) is 4.74 Å². The number of nitrogens with one attached hydrogen (secondary N) is 1. The molecular formula is C17H27NO2. The number of ether oxygens (including phenoxy) is 1. The third-order valence-corrected chi connectivity index (χ3v) is 3.06. The van der Waals surface area contributed by atoms with Crippen molar-refractivity contribution >= 4 is 6.09 Å². The van der Waals surface area contributed by atoms with E-state index < -0.39 is 5.60 Å². The summed E-state index contributed by atoms with van der Waals surface area (Å²) in [6.07, 6.45) is 11.5. The summed E-state index contributed by atoms with van der Waals surface area (Å²) in [5.74, 6) is 0. The molecule has 0 aromatic rings. The summed E-state index contributed by atoms with van der Waals surface area (Å²) in [5.41, 5.74) is 0.604. The zero-order valence-electron chi connectivity index (χ0n) is 13.2. The zero-order chi connectivity index (χ0) is 15.2. The van der Waals surface area contributed by atoms with Crippen molar-refractivity contribution in [3.05, 3.63) is 36.5 Å². The number of hydrogen-bond donors (Lipinski definition) is 1. The third kappa shape index (κ3) is 6.09. The first-order valence-electron chi connectivity index (χ1n) is 7.29. The predicted molar refractivity (Wildman–Crippen MR) is 83.7 cm³/mol. The summed E-state index contributed by atoms with van der Waals surface area (Å²) in [5, 5.41) is 3.02. The highest BCUT2D eigenvalue weighted by Crippen LogP contribution is 2.41. The molecule has 0 heterocycles. The highest BCUT2D eigenvalue weighted by molar-refractivity contribution is 5.69. The zero-order valence-corrected chi connectivity index (χ0v) is 13.2. The summed E-state index contributed by atoms with van der Waals surface area (Å²) in [4.78, 5) is 11.9. The van der Waals surface area contributed by atoms with Crippen molar-refractivity contribution in [2.45, 2.75) is 64.5 Å². The van der Waals surface area contributed by atoms with Crippen molar-refractivity contribution in [2.75, 3.05) is 0 Å². The van der Waals surface area contributed by atoms with E-state index in [0.29, 0.717) is 0 Å². The summed E-state index contributed by atoms with van der Waals surface area (Å²) < 4.78 is 5.33. The topological polar surface area (TPSA) is 38.3 Å². The molecule has 1 N–H and O–H groups in total. The van der Waals surface area contributed by atoms with E-state index >= 15 is 0 Å². The van der Waals surface area contributed by atoms with Crippen LogP contribution < -0.4 is 5.32 Å². The molecular weight excluding hydrogens is 250 g/mol. The van der Waals surface area contributed by atoms with E-state index in [9.17, 15) is 4.79 Å². The van der Waals surface area contributed by atoms with Crippen molar-refractivity contribution < 1.29 is 9.53 Å². The average Bonchev–Trinajstić information content (AvgIpc) is 3.03. The van der Waals surface area contributed by atoms with Gasteiger partial charge in [-0.15, -0.1) is 0 Å². The summed E-state index contributed by atoms with van der Waals surface area (Å²) in [6, 6.07) is 0. The van der Waals surface area contributed by atoms with Gasteiger partial charge in [0, 0.05) is 5.54 Å². The normalized spacial score (nSPS) is 17.9. The number of allylic oxidation sites excluding steroid dienone is 4. The van der Waals surface area contributed by atoms with Crippen molar-refractivity contribution in [3.8, 4) is 0 Å². The minimum atomic E-state index is -0.456. The molecule has 1 aliphatic rings. The van der Waals surface area contributed by atoms with Crippen LogP contribution in [0.3, 0.4) is 0 Å². The fourth-order valence-electron chi connectivity index (χ4n) is 2.00. The maximum absolute atomic E-state index is 11.9. The van der Waals surface area contributed by atoms with Gasteiger partial charge in [-0.05, 0) is 52.0 Å². The highest BCUT2D eigenvalue weighted by atomic mass is 16.6. The van der Waals surface area contributed by atoms with Gasteiger partial charge < -0.3 is 10.1 Å². The van der Waals surface area contributed by atoms with Gasteiger partial charge in [-0.3, -0.25) is 0 Å². The minimum Gasteiger partial charge on any atom is -0.444 e. The van der Waals surface area contributed by atoms with Gasteiger partial charge in [-0.2, -0.15) is 0 Å². The van der Waals surface area contributed by atoms with Gasteiger partial charge >= 0.3 is 6.09 Å². The van der Waals surface area contributed by atoms with Gasteiger partial charge in [0.05, 0.1) is 0 Å². The maximum Gasteiger partial charge on any atom is 0.408 e. The van der Waals surface area contributed by atoms with E-state index in [-0.39, 0.29) is 11.6 Å². The molecule has 1 fully saturated rings. The summed E-state index contributed by atoms with van der Waals surface area (Å²) >= 11 is 0. The smallest absolute Gasteiger partial charge is 0.408 e. The first-order chi connectivity index (χ1) is 9.30. The largest absolute Gasteiger partial charge is 0.444 e. The lowest BCUT2D eigenvalue weighted by Crippen LogP contribution is -2.40. The molecule has 0 aromatic heterocycles. The summed E-state index contributed by atoms with van der Waals surface area (Å²) in [6.45, 7) is 11.5. The number of hydrogen-bond acceptors (Lipinski definition) is 2. The second-order valence-corrected chi connectivity index (χ2v) is 6.37. The Hall–Kier alpha value is -1.51. The minimum absolute atomic E-state index is 0.130. The van der Waals surface area contributed by atoms with Gasteiger partial charge in [-0.1, -0.05) is 37.8 Å².